The van der Waals surface area contributed by atoms with Crippen LogP contribution in [0.25, 0.3) is 0 Å². The van der Waals surface area contributed by atoms with E-state index in [1.807, 2.05) is 48.2 Å². The molecule has 0 unspecified atom stereocenters. The van der Waals surface area contributed by atoms with Crippen LogP contribution >= 0.6 is 11.8 Å². The fraction of sp³-hybridized carbons (Fsp3) is 0.455. The van der Waals surface area contributed by atoms with Gasteiger partial charge < -0.3 is 14.2 Å². The predicted octanol–water partition coefficient (Wildman–Crippen LogP) is 5.05. The van der Waals surface area contributed by atoms with Crippen LogP contribution in [-0.2, 0) is 27.4 Å². The molecule has 3 rings (SSSR count). The van der Waals surface area contributed by atoms with Gasteiger partial charge in [-0.1, -0.05) is 67.6 Å². The molecule has 0 saturated carbocycles. The summed E-state index contributed by atoms with van der Waals surface area (Å²) < 4.78 is 18.7. The molecule has 0 aromatic heterocycles. The van der Waals surface area contributed by atoms with Crippen LogP contribution in [0.1, 0.15) is 31.4 Å². The van der Waals surface area contributed by atoms with Crippen LogP contribution in [0.2, 0.25) is 0 Å². The molecule has 0 spiro atoms. The largest absolute Gasteiger partial charge is 0.371 e. The summed E-state index contributed by atoms with van der Waals surface area (Å²) in [7, 11) is 0. The molecule has 4 heteroatoms. The summed E-state index contributed by atoms with van der Waals surface area (Å²) in [5, 5.41) is 0. The van der Waals surface area contributed by atoms with E-state index in [2.05, 4.69) is 38.1 Å². The Labute approximate surface area is 161 Å². The smallest absolute Gasteiger partial charge is 0.129 e. The van der Waals surface area contributed by atoms with Crippen LogP contribution < -0.4 is 0 Å². The fourth-order valence-corrected chi connectivity index (χ4v) is 4.12. The molecule has 1 saturated heterocycles. The van der Waals surface area contributed by atoms with E-state index in [0.717, 1.165) is 12.2 Å². The molecule has 0 bridgehead atoms. The number of thioether (sulfide) groups is 1. The number of hydrogen-bond acceptors (Lipinski definition) is 4. The highest BCUT2D eigenvalue weighted by Crippen LogP contribution is 2.32. The third-order valence-electron chi connectivity index (χ3n) is 4.59. The predicted molar refractivity (Wildman–Crippen MR) is 107 cm³/mol. The maximum atomic E-state index is 6.24. The van der Waals surface area contributed by atoms with Crippen LogP contribution in [0, 0.1) is 0 Å². The van der Waals surface area contributed by atoms with Crippen LogP contribution in [0.4, 0.5) is 0 Å². The molecule has 1 fully saturated rings. The van der Waals surface area contributed by atoms with Gasteiger partial charge in [-0.2, -0.15) is 0 Å². The molecule has 1 heterocycles. The maximum absolute atomic E-state index is 6.24. The molecule has 140 valence electrons. The Hall–Kier alpha value is -1.33. The lowest BCUT2D eigenvalue weighted by Gasteiger charge is -2.39. The van der Waals surface area contributed by atoms with E-state index in [9.17, 15) is 0 Å². The summed E-state index contributed by atoms with van der Waals surface area (Å²) in [6, 6.07) is 20.6. The molecule has 4 atom stereocenters. The van der Waals surface area contributed by atoms with Gasteiger partial charge in [0.25, 0.3) is 0 Å². The first-order valence-corrected chi connectivity index (χ1v) is 10.4. The van der Waals surface area contributed by atoms with Crippen LogP contribution in [0.15, 0.2) is 60.7 Å². The second-order valence-corrected chi connectivity index (χ2v) is 7.95. The molecule has 0 N–H and O–H groups in total. The molecule has 0 aliphatic carbocycles. The summed E-state index contributed by atoms with van der Waals surface area (Å²) >= 11 is 1.81. The second-order valence-electron chi connectivity index (χ2n) is 6.57. The van der Waals surface area contributed by atoms with E-state index in [0.29, 0.717) is 13.2 Å². The number of rotatable bonds is 8. The average Bonchev–Trinajstić information content (AvgIpc) is 2.68. The monoisotopic (exact) mass is 372 g/mol. The molecule has 26 heavy (non-hydrogen) atoms. The molecule has 1 aliphatic heterocycles. The van der Waals surface area contributed by atoms with E-state index in [4.69, 9.17) is 14.2 Å². The van der Waals surface area contributed by atoms with E-state index >= 15 is 0 Å². The van der Waals surface area contributed by atoms with Gasteiger partial charge in [-0.05, 0) is 23.8 Å². The van der Waals surface area contributed by atoms with Crippen molar-refractivity contribution in [1.29, 1.82) is 0 Å². The third kappa shape index (κ3) is 5.58. The third-order valence-corrected chi connectivity index (χ3v) is 5.66. The molecule has 0 amide bonds. The van der Waals surface area contributed by atoms with Gasteiger partial charge in [-0.25, -0.2) is 0 Å². The molecular weight excluding hydrogens is 344 g/mol. The Morgan fingerprint density at radius 2 is 1.42 bits per heavy atom. The van der Waals surface area contributed by atoms with Gasteiger partial charge in [-0.3, -0.25) is 0 Å². The van der Waals surface area contributed by atoms with Gasteiger partial charge in [0.2, 0.25) is 0 Å². The average molecular weight is 373 g/mol. The van der Waals surface area contributed by atoms with Crippen LogP contribution in [-0.4, -0.2) is 29.5 Å². The highest BCUT2D eigenvalue weighted by Gasteiger charge is 2.37. The van der Waals surface area contributed by atoms with Gasteiger partial charge in [0.15, 0.2) is 0 Å². The molecular formula is C22H28O3S. The SMILES string of the molecule is CCS[C@H]1O[C@@H](C)[C@H](OCc2ccccc2)C[C@@H]1OCc1ccccc1. The molecule has 2 aromatic carbocycles. The lowest BCUT2D eigenvalue weighted by molar-refractivity contribution is -0.171. The first kappa shape index (κ1) is 19.4. The fourth-order valence-electron chi connectivity index (χ4n) is 3.13. The van der Waals surface area contributed by atoms with Crippen molar-refractivity contribution < 1.29 is 14.2 Å². The molecule has 1 aliphatic rings. The summed E-state index contributed by atoms with van der Waals surface area (Å²) in [5.74, 6) is 1.01. The minimum atomic E-state index is 0.0390. The lowest BCUT2D eigenvalue weighted by atomic mass is 10.0. The van der Waals surface area contributed by atoms with Crippen molar-refractivity contribution in [3.05, 3.63) is 71.8 Å². The van der Waals surface area contributed by atoms with E-state index in [1.165, 1.54) is 11.1 Å². The Bertz CT molecular complexity index is 634. The van der Waals surface area contributed by atoms with Crippen LogP contribution in [0.5, 0.6) is 0 Å². The Kier molecular flexibility index (Phi) is 7.56. The standard InChI is InChI=1S/C22H28O3S/c1-3-26-22-21(24-16-19-12-8-5-9-13-19)14-20(17(2)25-22)23-15-18-10-6-4-7-11-18/h4-13,17,20-22H,3,14-16H2,1-2H3/t17-,20+,21-,22+/m0/s1. The second kappa shape index (κ2) is 10.1. The summed E-state index contributed by atoms with van der Waals surface area (Å²) in [4.78, 5) is 0. The van der Waals surface area contributed by atoms with Crippen molar-refractivity contribution in [3.63, 3.8) is 0 Å². The van der Waals surface area contributed by atoms with E-state index in [-0.39, 0.29) is 23.7 Å². The van der Waals surface area contributed by atoms with Gasteiger partial charge in [0.05, 0.1) is 31.5 Å². The summed E-state index contributed by atoms with van der Waals surface area (Å²) in [6.07, 6.45) is 1.01. The quantitative estimate of drug-likeness (QED) is 0.648. The molecule has 2 aromatic rings. The van der Waals surface area contributed by atoms with Crippen molar-refractivity contribution in [1.82, 2.24) is 0 Å². The zero-order chi connectivity index (χ0) is 18.2. The number of hydrogen-bond donors (Lipinski definition) is 0. The zero-order valence-electron chi connectivity index (χ0n) is 15.5. The molecule has 3 nitrogen and oxygen atoms in total. The molecule has 0 radical (unpaired) electrons. The normalized spacial score (nSPS) is 25.9. The lowest BCUT2D eigenvalue weighted by Crippen LogP contribution is -2.46. The minimum Gasteiger partial charge on any atom is -0.371 e. The van der Waals surface area contributed by atoms with Crippen molar-refractivity contribution in [2.24, 2.45) is 0 Å². The number of benzene rings is 2. The topological polar surface area (TPSA) is 27.7 Å². The van der Waals surface area contributed by atoms with Crippen molar-refractivity contribution in [2.45, 2.75) is 57.2 Å². The highest BCUT2D eigenvalue weighted by molar-refractivity contribution is 7.99. The zero-order valence-corrected chi connectivity index (χ0v) is 16.4. The summed E-state index contributed by atoms with van der Waals surface area (Å²) in [6.45, 7) is 5.48. The van der Waals surface area contributed by atoms with Gasteiger partial charge in [0, 0.05) is 6.42 Å². The Morgan fingerprint density at radius 1 is 0.885 bits per heavy atom. The van der Waals surface area contributed by atoms with E-state index < -0.39 is 0 Å². The number of ether oxygens (including phenoxy) is 3. The first-order chi connectivity index (χ1) is 12.8. The Morgan fingerprint density at radius 3 is 1.96 bits per heavy atom. The van der Waals surface area contributed by atoms with E-state index in [1.54, 1.807) is 0 Å². The maximum Gasteiger partial charge on any atom is 0.129 e. The van der Waals surface area contributed by atoms with Gasteiger partial charge in [0.1, 0.15) is 5.44 Å². The van der Waals surface area contributed by atoms with Gasteiger partial charge >= 0.3 is 0 Å². The van der Waals surface area contributed by atoms with Crippen molar-refractivity contribution in [2.75, 3.05) is 5.75 Å². The van der Waals surface area contributed by atoms with Crippen molar-refractivity contribution >= 4 is 11.8 Å². The summed E-state index contributed by atoms with van der Waals surface area (Å²) in [5.41, 5.74) is 2.44. The van der Waals surface area contributed by atoms with Crippen molar-refractivity contribution in [3.8, 4) is 0 Å². The first-order valence-electron chi connectivity index (χ1n) is 9.34. The minimum absolute atomic E-state index is 0.0390. The van der Waals surface area contributed by atoms with Crippen LogP contribution in [0.3, 0.4) is 0 Å². The van der Waals surface area contributed by atoms with Gasteiger partial charge in [-0.15, -0.1) is 11.8 Å². The Balaban J connectivity index is 1.58. The highest BCUT2D eigenvalue weighted by atomic mass is 32.2.